The largest absolute Gasteiger partial charge is 0.263 e. The highest BCUT2D eigenvalue weighted by atomic mass is 35.5. The van der Waals surface area contributed by atoms with E-state index in [1.807, 2.05) is 18.5 Å². The Hall–Kier alpha value is -0.500. The molecule has 1 aromatic rings. The van der Waals surface area contributed by atoms with Gasteiger partial charge in [-0.15, -0.1) is 0 Å². The average Bonchev–Trinajstić information content (AvgIpc) is 2.15. The molecule has 1 aromatic heterocycles. The van der Waals surface area contributed by atoms with Crippen molar-refractivity contribution in [3.63, 3.8) is 0 Å². The summed E-state index contributed by atoms with van der Waals surface area (Å²) in [5.74, 6) is 0. The zero-order chi connectivity index (χ0) is 9.52. The van der Waals surface area contributed by atoms with Gasteiger partial charge in [-0.2, -0.15) is 5.10 Å². The maximum Gasteiger partial charge on any atom is 0.0844 e. The molecule has 1 rings (SSSR count). The Morgan fingerprint density at radius 1 is 1.25 bits per heavy atom. The van der Waals surface area contributed by atoms with E-state index in [9.17, 15) is 0 Å². The second kappa shape index (κ2) is 2.77. The Kier molecular flexibility index (Phi) is 2.21. The van der Waals surface area contributed by atoms with Gasteiger partial charge in [0.2, 0.25) is 0 Å². The van der Waals surface area contributed by atoms with Crippen LogP contribution >= 0.6 is 11.6 Å². The number of hydrogen-bond donors (Lipinski definition) is 0. The predicted octanol–water partition coefficient (Wildman–Crippen LogP) is 2.91. The number of nitrogens with zero attached hydrogens (tertiary/aromatic N) is 2. The lowest BCUT2D eigenvalue weighted by molar-refractivity contribution is 0.346. The highest BCUT2D eigenvalue weighted by Crippen LogP contribution is 2.24. The van der Waals surface area contributed by atoms with Crippen molar-refractivity contribution >= 4 is 11.6 Å². The normalized spacial score (nSPS) is 12.2. The van der Waals surface area contributed by atoms with Gasteiger partial charge in [-0.05, 0) is 34.6 Å². The van der Waals surface area contributed by atoms with Crippen molar-refractivity contribution in [3.05, 3.63) is 16.4 Å². The molecule has 0 atom stereocenters. The molecule has 0 bridgehead atoms. The van der Waals surface area contributed by atoms with Crippen LogP contribution in [0, 0.1) is 13.8 Å². The molecule has 12 heavy (non-hydrogen) atoms. The van der Waals surface area contributed by atoms with E-state index in [0.717, 1.165) is 16.4 Å². The third kappa shape index (κ3) is 1.48. The summed E-state index contributed by atoms with van der Waals surface area (Å²) in [5.41, 5.74) is 1.97. The smallest absolute Gasteiger partial charge is 0.0844 e. The van der Waals surface area contributed by atoms with Crippen LogP contribution in [0.2, 0.25) is 5.02 Å². The van der Waals surface area contributed by atoms with Gasteiger partial charge in [0.05, 0.1) is 21.9 Å². The van der Waals surface area contributed by atoms with E-state index >= 15 is 0 Å². The van der Waals surface area contributed by atoms with Gasteiger partial charge < -0.3 is 0 Å². The lowest BCUT2D eigenvalue weighted by atomic mass is 10.1. The topological polar surface area (TPSA) is 17.8 Å². The Bertz CT molecular complexity index is 294. The molecule has 0 aliphatic heterocycles. The van der Waals surface area contributed by atoms with Crippen LogP contribution in [0.4, 0.5) is 0 Å². The SMILES string of the molecule is Cc1nn(C(C)(C)C)c(C)c1Cl. The minimum atomic E-state index is 0.0159. The van der Waals surface area contributed by atoms with E-state index in [1.54, 1.807) is 0 Å². The zero-order valence-corrected chi connectivity index (χ0v) is 9.03. The first-order valence-electron chi connectivity index (χ1n) is 4.06. The molecule has 0 aliphatic rings. The fraction of sp³-hybridized carbons (Fsp3) is 0.667. The molecular weight excluding hydrogens is 172 g/mol. The van der Waals surface area contributed by atoms with Crippen molar-refractivity contribution in [2.75, 3.05) is 0 Å². The summed E-state index contributed by atoms with van der Waals surface area (Å²) in [4.78, 5) is 0. The van der Waals surface area contributed by atoms with E-state index < -0.39 is 0 Å². The van der Waals surface area contributed by atoms with E-state index in [1.165, 1.54) is 0 Å². The summed E-state index contributed by atoms with van der Waals surface area (Å²) in [6, 6.07) is 0. The molecule has 0 amide bonds. The second-order valence-electron chi connectivity index (χ2n) is 4.07. The summed E-state index contributed by atoms with van der Waals surface area (Å²) in [5, 5.41) is 5.15. The third-order valence-corrected chi connectivity index (χ3v) is 2.39. The number of hydrogen-bond acceptors (Lipinski definition) is 1. The minimum Gasteiger partial charge on any atom is -0.263 e. The monoisotopic (exact) mass is 186 g/mol. The Labute approximate surface area is 78.5 Å². The number of aromatic nitrogens is 2. The molecule has 0 aliphatic carbocycles. The molecule has 1 heterocycles. The molecule has 0 saturated carbocycles. The molecule has 0 N–H and O–H groups in total. The molecule has 0 aromatic carbocycles. The zero-order valence-electron chi connectivity index (χ0n) is 8.27. The standard InChI is InChI=1S/C9H15ClN2/c1-6-8(10)7(2)12(11-6)9(3,4)5/h1-5H3. The second-order valence-corrected chi connectivity index (χ2v) is 4.45. The molecule has 0 saturated heterocycles. The van der Waals surface area contributed by atoms with Gasteiger partial charge in [-0.25, -0.2) is 0 Å². The van der Waals surface area contributed by atoms with Crippen LogP contribution in [0.15, 0.2) is 0 Å². The summed E-state index contributed by atoms with van der Waals surface area (Å²) in [6.45, 7) is 10.3. The highest BCUT2D eigenvalue weighted by molar-refractivity contribution is 6.31. The van der Waals surface area contributed by atoms with Crippen molar-refractivity contribution in [2.24, 2.45) is 0 Å². The van der Waals surface area contributed by atoms with E-state index in [2.05, 4.69) is 25.9 Å². The predicted molar refractivity (Wildman–Crippen MR) is 51.7 cm³/mol. The lowest BCUT2D eigenvalue weighted by Gasteiger charge is -2.21. The first kappa shape index (κ1) is 9.59. The molecular formula is C9H15ClN2. The first-order valence-corrected chi connectivity index (χ1v) is 4.44. The average molecular weight is 187 g/mol. The molecule has 3 heteroatoms. The maximum absolute atomic E-state index is 6.02. The fourth-order valence-electron chi connectivity index (χ4n) is 1.28. The summed E-state index contributed by atoms with van der Waals surface area (Å²) in [7, 11) is 0. The Morgan fingerprint density at radius 2 is 1.75 bits per heavy atom. The molecule has 2 nitrogen and oxygen atoms in total. The van der Waals surface area contributed by atoms with Crippen LogP contribution < -0.4 is 0 Å². The Balaban J connectivity index is 3.28. The molecule has 0 radical (unpaired) electrons. The lowest BCUT2D eigenvalue weighted by Crippen LogP contribution is -2.24. The van der Waals surface area contributed by atoms with Gasteiger partial charge in [0, 0.05) is 0 Å². The van der Waals surface area contributed by atoms with E-state index in [-0.39, 0.29) is 5.54 Å². The van der Waals surface area contributed by atoms with Crippen LogP contribution in [0.25, 0.3) is 0 Å². The van der Waals surface area contributed by atoms with E-state index in [0.29, 0.717) is 0 Å². The molecule has 0 unspecified atom stereocenters. The van der Waals surface area contributed by atoms with Gasteiger partial charge in [-0.1, -0.05) is 11.6 Å². The molecule has 0 spiro atoms. The highest BCUT2D eigenvalue weighted by Gasteiger charge is 2.19. The summed E-state index contributed by atoms with van der Waals surface area (Å²) in [6.07, 6.45) is 0. The van der Waals surface area contributed by atoms with Crippen molar-refractivity contribution in [3.8, 4) is 0 Å². The van der Waals surface area contributed by atoms with Crippen molar-refractivity contribution in [2.45, 2.75) is 40.2 Å². The van der Waals surface area contributed by atoms with Gasteiger partial charge >= 0.3 is 0 Å². The summed E-state index contributed by atoms with van der Waals surface area (Å²) < 4.78 is 1.96. The van der Waals surface area contributed by atoms with Crippen LogP contribution in [0.1, 0.15) is 32.2 Å². The number of aryl methyl sites for hydroxylation is 1. The van der Waals surface area contributed by atoms with Gasteiger partial charge in [0.25, 0.3) is 0 Å². The summed E-state index contributed by atoms with van der Waals surface area (Å²) >= 11 is 6.02. The number of rotatable bonds is 0. The van der Waals surface area contributed by atoms with Crippen molar-refractivity contribution in [1.82, 2.24) is 9.78 Å². The van der Waals surface area contributed by atoms with Crippen LogP contribution in [-0.4, -0.2) is 9.78 Å². The Morgan fingerprint density at radius 3 is 1.92 bits per heavy atom. The van der Waals surface area contributed by atoms with E-state index in [4.69, 9.17) is 11.6 Å². The van der Waals surface area contributed by atoms with Gasteiger partial charge in [0.1, 0.15) is 0 Å². The maximum atomic E-state index is 6.02. The van der Waals surface area contributed by atoms with Crippen LogP contribution in [0.3, 0.4) is 0 Å². The quantitative estimate of drug-likeness (QED) is 0.609. The minimum absolute atomic E-state index is 0.0159. The van der Waals surface area contributed by atoms with Crippen molar-refractivity contribution in [1.29, 1.82) is 0 Å². The van der Waals surface area contributed by atoms with Gasteiger partial charge in [-0.3, -0.25) is 4.68 Å². The fourth-order valence-corrected chi connectivity index (χ4v) is 1.39. The van der Waals surface area contributed by atoms with Crippen LogP contribution in [-0.2, 0) is 5.54 Å². The van der Waals surface area contributed by atoms with Gasteiger partial charge in [0.15, 0.2) is 0 Å². The van der Waals surface area contributed by atoms with Crippen LogP contribution in [0.5, 0.6) is 0 Å². The van der Waals surface area contributed by atoms with Crippen molar-refractivity contribution < 1.29 is 0 Å². The first-order chi connectivity index (χ1) is 5.34. The molecule has 68 valence electrons. The molecule has 0 fully saturated rings. The third-order valence-electron chi connectivity index (χ3n) is 1.84. The number of halogens is 1.